The van der Waals surface area contributed by atoms with Crippen LogP contribution in [0.5, 0.6) is 0 Å². The van der Waals surface area contributed by atoms with Crippen LogP contribution in [-0.4, -0.2) is 12.1 Å². The van der Waals surface area contributed by atoms with E-state index in [1.807, 2.05) is 0 Å². The summed E-state index contributed by atoms with van der Waals surface area (Å²) in [4.78, 5) is 12.0. The predicted octanol–water partition coefficient (Wildman–Crippen LogP) is 4.65. The number of alkyl halides is 3. The van der Waals surface area contributed by atoms with Crippen molar-refractivity contribution in [1.82, 2.24) is 5.32 Å². The second kappa shape index (κ2) is 6.58. The molecule has 1 fully saturated rings. The van der Waals surface area contributed by atoms with Gasteiger partial charge >= 0.3 is 12.2 Å². The molecule has 0 aromatic heterocycles. The van der Waals surface area contributed by atoms with Crippen LogP contribution in [0.25, 0.3) is 0 Å². The van der Waals surface area contributed by atoms with Crippen LogP contribution in [0.1, 0.15) is 38.7 Å². The summed E-state index contributed by atoms with van der Waals surface area (Å²) in [5.74, 6) is 0.897. The van der Waals surface area contributed by atoms with Crippen molar-refractivity contribution in [3.05, 3.63) is 29.8 Å². The van der Waals surface area contributed by atoms with Crippen LogP contribution in [0.3, 0.4) is 0 Å². The minimum absolute atomic E-state index is 0.0644. The fourth-order valence-corrected chi connectivity index (χ4v) is 2.89. The average molecular weight is 314 g/mol. The smallest absolute Gasteiger partial charge is 0.335 e. The Morgan fingerprint density at radius 3 is 2.64 bits per heavy atom. The van der Waals surface area contributed by atoms with Crippen molar-refractivity contribution < 1.29 is 18.0 Å². The van der Waals surface area contributed by atoms with Gasteiger partial charge in [-0.2, -0.15) is 13.2 Å². The highest BCUT2D eigenvalue weighted by Gasteiger charge is 2.31. The molecule has 3 nitrogen and oxygen atoms in total. The summed E-state index contributed by atoms with van der Waals surface area (Å²) in [6.45, 7) is 4.25. The van der Waals surface area contributed by atoms with Crippen LogP contribution in [0.4, 0.5) is 23.7 Å². The Morgan fingerprint density at radius 2 is 1.95 bits per heavy atom. The van der Waals surface area contributed by atoms with E-state index in [-0.39, 0.29) is 11.7 Å². The maximum atomic E-state index is 12.6. The van der Waals surface area contributed by atoms with Crippen LogP contribution in [0.2, 0.25) is 0 Å². The lowest BCUT2D eigenvalue weighted by Gasteiger charge is -2.34. The first-order valence-electron chi connectivity index (χ1n) is 7.52. The number of carbonyl (C=O) groups is 1. The zero-order valence-corrected chi connectivity index (χ0v) is 12.7. The Morgan fingerprint density at radius 1 is 1.23 bits per heavy atom. The van der Waals surface area contributed by atoms with Crippen molar-refractivity contribution in [2.24, 2.45) is 11.8 Å². The van der Waals surface area contributed by atoms with E-state index in [9.17, 15) is 18.0 Å². The monoisotopic (exact) mass is 314 g/mol. The van der Waals surface area contributed by atoms with E-state index in [1.165, 1.54) is 12.1 Å². The van der Waals surface area contributed by atoms with Crippen LogP contribution in [0, 0.1) is 11.8 Å². The third-order valence-electron chi connectivity index (χ3n) is 4.47. The van der Waals surface area contributed by atoms with Crippen molar-refractivity contribution in [2.45, 2.75) is 45.3 Å². The number of amides is 2. The van der Waals surface area contributed by atoms with Gasteiger partial charge in [0.2, 0.25) is 0 Å². The maximum absolute atomic E-state index is 12.6. The number of hydrogen-bond acceptors (Lipinski definition) is 1. The molecule has 2 amide bonds. The van der Waals surface area contributed by atoms with Crippen molar-refractivity contribution in [2.75, 3.05) is 5.32 Å². The average Bonchev–Trinajstić information content (AvgIpc) is 2.43. The molecule has 1 saturated carbocycles. The molecular weight excluding hydrogens is 293 g/mol. The van der Waals surface area contributed by atoms with E-state index in [0.717, 1.165) is 31.4 Å². The number of rotatable bonds is 2. The highest BCUT2D eigenvalue weighted by molar-refractivity contribution is 5.89. The lowest BCUT2D eigenvalue weighted by Crippen LogP contribution is -2.45. The molecule has 2 N–H and O–H groups in total. The number of carbonyl (C=O) groups excluding carboxylic acids is 1. The minimum atomic E-state index is -4.42. The Labute approximate surface area is 128 Å². The number of halogens is 3. The highest BCUT2D eigenvalue weighted by atomic mass is 19.4. The van der Waals surface area contributed by atoms with E-state index in [2.05, 4.69) is 24.5 Å². The van der Waals surface area contributed by atoms with Gasteiger partial charge in [0.05, 0.1) is 5.56 Å². The summed E-state index contributed by atoms with van der Waals surface area (Å²) in [5.41, 5.74) is -0.631. The fraction of sp³-hybridized carbons (Fsp3) is 0.562. The zero-order chi connectivity index (χ0) is 16.3. The van der Waals surface area contributed by atoms with E-state index >= 15 is 0 Å². The van der Waals surface area contributed by atoms with Crippen LogP contribution >= 0.6 is 0 Å². The Kier molecular flexibility index (Phi) is 4.98. The molecule has 0 radical (unpaired) electrons. The van der Waals surface area contributed by atoms with E-state index in [0.29, 0.717) is 11.8 Å². The summed E-state index contributed by atoms with van der Waals surface area (Å²) < 4.78 is 37.9. The SMILES string of the molecule is C[C@H]1[C@H](C)CCC[C@H]1NC(=O)Nc1cccc(C(F)(F)F)c1. The predicted molar refractivity (Wildman–Crippen MR) is 79.6 cm³/mol. The van der Waals surface area contributed by atoms with E-state index < -0.39 is 17.8 Å². The van der Waals surface area contributed by atoms with Crippen LogP contribution < -0.4 is 10.6 Å². The van der Waals surface area contributed by atoms with Crippen molar-refractivity contribution in [3.8, 4) is 0 Å². The first-order valence-corrected chi connectivity index (χ1v) is 7.52. The van der Waals surface area contributed by atoms with Gasteiger partial charge in [0.25, 0.3) is 0 Å². The van der Waals surface area contributed by atoms with Gasteiger partial charge in [-0.15, -0.1) is 0 Å². The molecule has 6 heteroatoms. The van der Waals surface area contributed by atoms with Gasteiger partial charge in [-0.25, -0.2) is 4.79 Å². The molecule has 1 aliphatic rings. The second-order valence-electron chi connectivity index (χ2n) is 6.05. The summed E-state index contributed by atoms with van der Waals surface area (Å²) in [7, 11) is 0. The molecule has 2 rings (SSSR count). The Bertz CT molecular complexity index is 530. The number of nitrogens with one attached hydrogen (secondary N) is 2. The van der Waals surface area contributed by atoms with Gasteiger partial charge < -0.3 is 10.6 Å². The molecule has 0 bridgehead atoms. The van der Waals surface area contributed by atoms with Gasteiger partial charge in [0.1, 0.15) is 0 Å². The molecular formula is C16H21F3N2O. The fourth-order valence-electron chi connectivity index (χ4n) is 2.89. The van der Waals surface area contributed by atoms with Gasteiger partial charge in [0.15, 0.2) is 0 Å². The number of urea groups is 1. The molecule has 1 aromatic carbocycles. The molecule has 1 aliphatic carbocycles. The Hall–Kier alpha value is -1.72. The number of benzene rings is 1. The molecule has 122 valence electrons. The van der Waals surface area contributed by atoms with Gasteiger partial charge in [0, 0.05) is 11.7 Å². The first kappa shape index (κ1) is 16.6. The third-order valence-corrected chi connectivity index (χ3v) is 4.47. The van der Waals surface area contributed by atoms with E-state index in [1.54, 1.807) is 0 Å². The zero-order valence-electron chi connectivity index (χ0n) is 12.7. The van der Waals surface area contributed by atoms with Crippen LogP contribution in [-0.2, 0) is 6.18 Å². The number of anilines is 1. The molecule has 0 heterocycles. The lowest BCUT2D eigenvalue weighted by atomic mass is 9.78. The van der Waals surface area contributed by atoms with Crippen molar-refractivity contribution in [3.63, 3.8) is 0 Å². The Balaban J connectivity index is 1.97. The van der Waals surface area contributed by atoms with Crippen molar-refractivity contribution in [1.29, 1.82) is 0 Å². The highest BCUT2D eigenvalue weighted by Crippen LogP contribution is 2.31. The topological polar surface area (TPSA) is 41.1 Å². The normalized spacial score (nSPS) is 25.6. The maximum Gasteiger partial charge on any atom is 0.416 e. The van der Waals surface area contributed by atoms with E-state index in [4.69, 9.17) is 0 Å². The quantitative estimate of drug-likeness (QED) is 0.819. The largest absolute Gasteiger partial charge is 0.416 e. The first-order chi connectivity index (χ1) is 10.3. The van der Waals surface area contributed by atoms with Crippen LogP contribution in [0.15, 0.2) is 24.3 Å². The summed E-state index contributed by atoms with van der Waals surface area (Å²) in [6, 6.07) is 4.26. The summed E-state index contributed by atoms with van der Waals surface area (Å²) in [6.07, 6.45) is -1.31. The van der Waals surface area contributed by atoms with Gasteiger partial charge in [-0.05, 0) is 36.5 Å². The molecule has 0 aliphatic heterocycles. The molecule has 0 saturated heterocycles. The minimum Gasteiger partial charge on any atom is -0.335 e. The molecule has 22 heavy (non-hydrogen) atoms. The standard InChI is InChI=1S/C16H21F3N2O/c1-10-5-3-8-14(11(10)2)21-15(22)20-13-7-4-6-12(9-13)16(17,18)19/h4,6-7,9-11,14H,3,5,8H2,1-2H3,(H2,20,21,22)/t10-,11+,14-/m1/s1. The van der Waals surface area contributed by atoms with Crippen molar-refractivity contribution >= 4 is 11.7 Å². The number of hydrogen-bond donors (Lipinski definition) is 2. The molecule has 0 unspecified atom stereocenters. The van der Waals surface area contributed by atoms with Gasteiger partial charge in [-0.1, -0.05) is 32.8 Å². The molecule has 0 spiro atoms. The molecule has 1 aromatic rings. The summed E-state index contributed by atoms with van der Waals surface area (Å²) >= 11 is 0. The second-order valence-corrected chi connectivity index (χ2v) is 6.05. The lowest BCUT2D eigenvalue weighted by molar-refractivity contribution is -0.137. The molecule has 3 atom stereocenters. The summed E-state index contributed by atoms with van der Waals surface area (Å²) in [5, 5.41) is 5.36. The third kappa shape index (κ3) is 4.15. The van der Waals surface area contributed by atoms with Gasteiger partial charge in [-0.3, -0.25) is 0 Å².